The smallest absolute Gasteiger partial charge is 0.497 e. The first-order chi connectivity index (χ1) is 24.7. The van der Waals surface area contributed by atoms with E-state index in [2.05, 4.69) is 38.8 Å². The molecule has 4 aromatic rings. The second kappa shape index (κ2) is 16.7. The summed E-state index contributed by atoms with van der Waals surface area (Å²) in [5.41, 5.74) is 0.218. The van der Waals surface area contributed by atoms with Crippen molar-refractivity contribution in [1.82, 2.24) is 9.55 Å². The molecule has 1 aliphatic heterocycles. The van der Waals surface area contributed by atoms with Crippen molar-refractivity contribution in [2.75, 3.05) is 27.4 Å². The Bertz CT molecular complexity index is 1870. The van der Waals surface area contributed by atoms with E-state index in [4.69, 9.17) is 44.2 Å². The molecule has 2 heterocycles. The third-order valence-corrected chi connectivity index (χ3v) is 15.7. The first-order valence-electron chi connectivity index (χ1n) is 17.1. The van der Waals surface area contributed by atoms with Crippen molar-refractivity contribution in [2.45, 2.75) is 76.0 Å². The molecule has 0 aliphatic carbocycles. The second-order valence-corrected chi connectivity index (χ2v) is 20.5. The van der Waals surface area contributed by atoms with Crippen LogP contribution in [0.5, 0.6) is 11.5 Å². The average Bonchev–Trinajstić information content (AvgIpc) is 3.44. The van der Waals surface area contributed by atoms with Crippen LogP contribution in [0.1, 0.15) is 50.6 Å². The van der Waals surface area contributed by atoms with Crippen molar-refractivity contribution < 1.29 is 32.4 Å². The summed E-state index contributed by atoms with van der Waals surface area (Å²) < 4.78 is 45.6. The quantitative estimate of drug-likeness (QED) is 0.0767. The fourth-order valence-electron chi connectivity index (χ4n) is 5.98. The Balaban J connectivity index is 1.67. The van der Waals surface area contributed by atoms with Crippen molar-refractivity contribution in [3.8, 4) is 11.5 Å². The maximum absolute atomic E-state index is 13.3. The first kappa shape index (κ1) is 39.7. The molecule has 14 heteroatoms. The number of hydrogen-bond donors (Lipinski definition) is 1. The lowest BCUT2D eigenvalue weighted by atomic mass is 9.80. The Morgan fingerprint density at radius 2 is 1.40 bits per heavy atom. The predicted octanol–water partition coefficient (Wildman–Crippen LogP) is 7.05. The van der Waals surface area contributed by atoms with Crippen molar-refractivity contribution in [2.24, 2.45) is 0 Å². The van der Waals surface area contributed by atoms with Gasteiger partial charge in [0.25, 0.3) is 5.56 Å². The molecule has 278 valence electrons. The number of nitrogens with one attached hydrogen (secondary N) is 1. The van der Waals surface area contributed by atoms with Gasteiger partial charge in [0.15, 0.2) is 20.6 Å². The molecule has 0 bridgehead atoms. The number of benzene rings is 3. The highest BCUT2D eigenvalue weighted by Gasteiger charge is 2.55. The summed E-state index contributed by atoms with van der Waals surface area (Å²) in [5.74, 6) is 1.39. The monoisotopic (exact) mass is 767 g/mol. The van der Waals surface area contributed by atoms with Crippen molar-refractivity contribution in [3.05, 3.63) is 129 Å². The van der Waals surface area contributed by atoms with E-state index in [1.54, 1.807) is 14.2 Å². The van der Waals surface area contributed by atoms with Crippen LogP contribution in [-0.2, 0) is 40.4 Å². The van der Waals surface area contributed by atoms with E-state index < -0.39 is 56.9 Å². The van der Waals surface area contributed by atoms with Gasteiger partial charge in [-0.1, -0.05) is 75.4 Å². The van der Waals surface area contributed by atoms with Crippen LogP contribution in [0.15, 0.2) is 101 Å². The van der Waals surface area contributed by atoms with Crippen LogP contribution in [-0.4, -0.2) is 63.6 Å². The summed E-state index contributed by atoms with van der Waals surface area (Å²) in [7, 11) is -1.07. The Morgan fingerprint density at radius 1 is 0.846 bits per heavy atom. The highest BCUT2D eigenvalue weighted by Crippen LogP contribution is 2.47. The highest BCUT2D eigenvalue weighted by molar-refractivity contribution is 8.00. The molecule has 1 aliphatic rings. The number of rotatable bonds is 15. The molecule has 5 rings (SSSR count). The maximum Gasteiger partial charge on any atom is 0.522 e. The molecule has 0 saturated carbocycles. The second-order valence-electron chi connectivity index (χ2n) is 14.0. The van der Waals surface area contributed by atoms with Crippen LogP contribution in [0.4, 0.5) is 0 Å². The number of H-pyrrole nitrogens is 1. The number of hydrogen-bond acceptors (Lipinski definition) is 10. The highest BCUT2D eigenvalue weighted by atomic mass is 32.4. The van der Waals surface area contributed by atoms with Crippen LogP contribution < -0.4 is 20.7 Å². The zero-order chi connectivity index (χ0) is 37.7. The van der Waals surface area contributed by atoms with Gasteiger partial charge in [-0.25, -0.2) is 4.79 Å². The minimum absolute atomic E-state index is 0.0196. The van der Waals surface area contributed by atoms with Gasteiger partial charge in [0, 0.05) is 12.3 Å². The predicted molar refractivity (Wildman–Crippen MR) is 206 cm³/mol. The van der Waals surface area contributed by atoms with Crippen LogP contribution in [0.3, 0.4) is 0 Å². The van der Waals surface area contributed by atoms with Crippen LogP contribution in [0.2, 0.25) is 18.1 Å². The lowest BCUT2D eigenvalue weighted by molar-refractivity contribution is -0.0935. The number of aromatic nitrogens is 2. The van der Waals surface area contributed by atoms with Gasteiger partial charge in [-0.3, -0.25) is 14.3 Å². The third kappa shape index (κ3) is 8.48. The molecule has 5 atom stereocenters. The minimum atomic E-state index is -2.53. The van der Waals surface area contributed by atoms with Crippen LogP contribution >= 0.6 is 7.15 Å². The number of methoxy groups -OCH3 is 2. The van der Waals surface area contributed by atoms with E-state index in [9.17, 15) is 9.59 Å². The number of ether oxygens (including phenoxy) is 4. The number of nitrogens with zero attached hydrogens (tertiary/aromatic N) is 1. The molecule has 1 saturated heterocycles. The topological polar surface area (TPSA) is 119 Å². The molecule has 0 radical (unpaired) electrons. The van der Waals surface area contributed by atoms with E-state index >= 15 is 0 Å². The van der Waals surface area contributed by atoms with Gasteiger partial charge < -0.3 is 23.4 Å². The van der Waals surface area contributed by atoms with Gasteiger partial charge >= 0.3 is 12.8 Å². The Kier molecular flexibility index (Phi) is 12.7. The molecule has 0 amide bonds. The largest absolute Gasteiger partial charge is 0.522 e. The standard InChI is InChI=1S/C38H47N2O9PSSi/c1-9-46-50(51)48-33-31(47-35(40-24-23-32(41)39-36(40)42)34(33)49-52(7,8)37(2,3)4)25-45-38(26-13-11-10-12-14-26,27-15-19-29(43-5)20-16-27)28-17-21-30(44-6)22-18-28/h10-24,31,33-35H,9,25H2,1-8H3/p+1/t31-,33-,34-,35-/m1/s1. The van der Waals surface area contributed by atoms with E-state index in [0.29, 0.717) is 18.1 Å². The van der Waals surface area contributed by atoms with E-state index in [0.717, 1.165) is 16.7 Å². The van der Waals surface area contributed by atoms with Crippen LogP contribution in [0, 0.1) is 0 Å². The Morgan fingerprint density at radius 3 is 1.90 bits per heavy atom. The molecule has 3 aromatic carbocycles. The molecule has 0 spiro atoms. The summed E-state index contributed by atoms with van der Waals surface area (Å²) in [6.45, 7) is 12.8. The summed E-state index contributed by atoms with van der Waals surface area (Å²) in [5, 5.41) is -0.198. The van der Waals surface area contributed by atoms with Crippen molar-refractivity contribution in [1.29, 1.82) is 0 Å². The van der Waals surface area contributed by atoms with Gasteiger partial charge in [0.1, 0.15) is 35.9 Å². The molecule has 1 fully saturated rings. The molecule has 1 N–H and O–H groups in total. The fourth-order valence-corrected chi connectivity index (χ4v) is 8.61. The zero-order valence-corrected chi connectivity index (χ0v) is 33.6. The lowest BCUT2D eigenvalue weighted by Gasteiger charge is -2.40. The summed E-state index contributed by atoms with van der Waals surface area (Å²) in [6, 6.07) is 26.7. The van der Waals surface area contributed by atoms with E-state index in [1.165, 1.54) is 16.8 Å². The molecule has 1 aromatic heterocycles. The molecule has 11 nitrogen and oxygen atoms in total. The minimum Gasteiger partial charge on any atom is -0.497 e. The van der Waals surface area contributed by atoms with Crippen LogP contribution in [0.25, 0.3) is 0 Å². The van der Waals surface area contributed by atoms with Crippen molar-refractivity contribution in [3.63, 3.8) is 0 Å². The molecular weight excluding hydrogens is 720 g/mol. The summed E-state index contributed by atoms with van der Waals surface area (Å²) in [6.07, 6.45) is -1.99. The van der Waals surface area contributed by atoms with Gasteiger partial charge in [-0.2, -0.15) is 0 Å². The zero-order valence-electron chi connectivity index (χ0n) is 30.9. The van der Waals surface area contributed by atoms with Gasteiger partial charge in [0.2, 0.25) is 11.8 Å². The SMILES string of the molecule is CCO[P+](=S)O[C@H]1[C@@H](O[Si](C)(C)C(C)(C)C)[C@H](n2ccc(=O)[nH]c2=O)O[C@@H]1COC(c1ccccc1)(c1ccc(OC)cc1)c1ccc(OC)cc1. The average molecular weight is 768 g/mol. The Hall–Kier alpha value is -3.52. The molecule has 52 heavy (non-hydrogen) atoms. The van der Waals surface area contributed by atoms with Crippen molar-refractivity contribution >= 4 is 27.3 Å². The van der Waals surface area contributed by atoms with Gasteiger partial charge in [-0.05, 0) is 66.0 Å². The molecule has 1 unspecified atom stereocenters. The third-order valence-electron chi connectivity index (χ3n) is 9.73. The maximum atomic E-state index is 13.3. The fraction of sp³-hybridized carbons (Fsp3) is 0.421. The Labute approximate surface area is 311 Å². The van der Waals surface area contributed by atoms with Gasteiger partial charge in [-0.15, -0.1) is 9.05 Å². The summed E-state index contributed by atoms with van der Waals surface area (Å²) in [4.78, 5) is 27.8. The van der Waals surface area contributed by atoms with E-state index in [-0.39, 0.29) is 11.6 Å². The molecular formula is C38H48N2O9PSSi+. The normalized spacial score (nSPS) is 19.7. The summed E-state index contributed by atoms with van der Waals surface area (Å²) >= 11 is 5.67. The van der Waals surface area contributed by atoms with E-state index in [1.807, 2.05) is 85.8 Å². The lowest BCUT2D eigenvalue weighted by Crippen LogP contribution is -2.50. The van der Waals surface area contributed by atoms with Gasteiger partial charge in [0.05, 0.1) is 20.8 Å². The first-order valence-corrected chi connectivity index (χ1v) is 22.2. The number of aromatic amines is 1.